The second-order valence-electron chi connectivity index (χ2n) is 17.3. The van der Waals surface area contributed by atoms with Gasteiger partial charge in [-0.1, -0.05) is 60.1 Å². The van der Waals surface area contributed by atoms with Crippen LogP contribution in [0.25, 0.3) is 0 Å². The summed E-state index contributed by atoms with van der Waals surface area (Å²) in [5, 5.41) is 15.0. The molecule has 0 saturated heterocycles. The van der Waals surface area contributed by atoms with E-state index in [1.165, 1.54) is 24.1 Å². The van der Waals surface area contributed by atoms with Gasteiger partial charge in [0.1, 0.15) is 11.6 Å². The summed E-state index contributed by atoms with van der Waals surface area (Å²) in [7, 11) is 0. The molecule has 43 heavy (non-hydrogen) atoms. The SMILES string of the molecule is Cc1n[nH]c(=S)n1CC(=O)[C@]12CCC(C)(C)CC1C1=CCC3[C@@]4(C)Cc5c(N)n[nH]c5C(C)(C)C4CC[C@@]3(C)[C@]1(C)CC2. The molecule has 7 nitrogen and oxygen atoms in total. The Morgan fingerprint density at radius 1 is 1.02 bits per heavy atom. The van der Waals surface area contributed by atoms with Crippen LogP contribution in [0.2, 0.25) is 0 Å². The molecule has 8 heteroatoms. The predicted molar refractivity (Wildman–Crippen MR) is 173 cm³/mol. The molecule has 3 fully saturated rings. The topological polar surface area (TPSA) is 105 Å². The fourth-order valence-electron chi connectivity index (χ4n) is 12.1. The molecule has 0 bridgehead atoms. The number of nitrogens with one attached hydrogen (secondary N) is 2. The number of hydrogen-bond donors (Lipinski definition) is 3. The van der Waals surface area contributed by atoms with Crippen molar-refractivity contribution in [2.24, 2.45) is 44.8 Å². The summed E-state index contributed by atoms with van der Waals surface area (Å²) in [5.41, 5.74) is 10.9. The van der Waals surface area contributed by atoms with Crippen LogP contribution in [-0.4, -0.2) is 30.7 Å². The summed E-state index contributed by atoms with van der Waals surface area (Å²) in [6.07, 6.45) is 12.4. The summed E-state index contributed by atoms with van der Waals surface area (Å²) in [5.74, 6) is 3.25. The van der Waals surface area contributed by atoms with Crippen LogP contribution < -0.4 is 5.73 Å². The maximum absolute atomic E-state index is 14.6. The summed E-state index contributed by atoms with van der Waals surface area (Å²) in [6.45, 7) is 19.7. The Morgan fingerprint density at radius 3 is 2.44 bits per heavy atom. The standard InChI is InChI=1S/C35H52N6OS/c1-20-37-40-29(43)41(20)19-26(42)35-15-13-30(2,3)18-23(35)22-9-10-25-32(6)17-21-27(38-39-28(21)36)31(4,5)24(32)11-12-34(25,8)33(22,7)14-16-35/h9,23-25H,10-19H2,1-8H3,(H,40,43)(H3,36,38,39)/t23?,24?,25?,32-,33+,34+,35-/m0/s1. The van der Waals surface area contributed by atoms with Crippen molar-refractivity contribution in [1.29, 1.82) is 0 Å². The van der Waals surface area contributed by atoms with E-state index in [4.69, 9.17) is 18.0 Å². The van der Waals surface area contributed by atoms with Gasteiger partial charge in [-0.15, -0.1) is 0 Å². The predicted octanol–water partition coefficient (Wildman–Crippen LogP) is 7.64. The van der Waals surface area contributed by atoms with Crippen molar-refractivity contribution in [3.63, 3.8) is 0 Å². The van der Waals surface area contributed by atoms with Gasteiger partial charge in [0.05, 0.1) is 6.54 Å². The van der Waals surface area contributed by atoms with Crippen molar-refractivity contribution >= 4 is 23.8 Å². The lowest BCUT2D eigenvalue weighted by molar-refractivity contribution is -0.167. The summed E-state index contributed by atoms with van der Waals surface area (Å²) >= 11 is 5.53. The van der Waals surface area contributed by atoms with Gasteiger partial charge < -0.3 is 5.73 Å². The van der Waals surface area contributed by atoms with Gasteiger partial charge in [0, 0.05) is 22.1 Å². The van der Waals surface area contributed by atoms with E-state index in [1.54, 1.807) is 5.57 Å². The summed E-state index contributed by atoms with van der Waals surface area (Å²) in [4.78, 5) is 14.6. The van der Waals surface area contributed by atoms with Crippen LogP contribution in [0.15, 0.2) is 11.6 Å². The first-order valence-electron chi connectivity index (χ1n) is 16.7. The molecule has 0 aromatic carbocycles. The fourth-order valence-corrected chi connectivity index (χ4v) is 12.3. The number of H-pyrrole nitrogens is 2. The highest BCUT2D eigenvalue weighted by Gasteiger charge is 2.69. The lowest BCUT2D eigenvalue weighted by Crippen LogP contribution is -2.65. The van der Waals surface area contributed by atoms with Crippen molar-refractivity contribution in [2.45, 2.75) is 125 Å². The first-order valence-corrected chi connectivity index (χ1v) is 17.1. The Kier molecular flexibility index (Phi) is 6.13. The van der Waals surface area contributed by atoms with E-state index in [2.05, 4.69) is 74.9 Å². The number of ketones is 1. The molecule has 7 atom stereocenters. The molecule has 0 radical (unpaired) electrons. The Balaban J connectivity index is 1.31. The number of rotatable bonds is 3. The number of carbonyl (C=O) groups is 1. The number of anilines is 1. The molecule has 2 aromatic heterocycles. The molecule has 7 rings (SSSR count). The molecular formula is C35H52N6OS. The quantitative estimate of drug-likeness (QED) is 0.247. The van der Waals surface area contributed by atoms with Gasteiger partial charge >= 0.3 is 0 Å². The molecule has 3 saturated carbocycles. The molecule has 0 spiro atoms. The van der Waals surface area contributed by atoms with Gasteiger partial charge in [-0.3, -0.25) is 19.6 Å². The third-order valence-corrected chi connectivity index (χ3v) is 15.0. The van der Waals surface area contributed by atoms with Crippen LogP contribution in [-0.2, 0) is 23.2 Å². The van der Waals surface area contributed by atoms with Crippen molar-refractivity contribution in [3.8, 4) is 0 Å². The smallest absolute Gasteiger partial charge is 0.195 e. The van der Waals surface area contributed by atoms with Gasteiger partial charge in [-0.05, 0) is 116 Å². The Labute approximate surface area is 262 Å². The lowest BCUT2D eigenvalue weighted by atomic mass is 9.33. The Bertz CT molecular complexity index is 1590. The molecule has 234 valence electrons. The van der Waals surface area contributed by atoms with Gasteiger partial charge in [0.15, 0.2) is 10.6 Å². The molecular weight excluding hydrogens is 552 g/mol. The molecule has 3 unspecified atom stereocenters. The van der Waals surface area contributed by atoms with Gasteiger partial charge in [0.25, 0.3) is 0 Å². The van der Waals surface area contributed by atoms with Crippen molar-refractivity contribution in [1.82, 2.24) is 25.0 Å². The van der Waals surface area contributed by atoms with Crippen LogP contribution in [0.5, 0.6) is 0 Å². The zero-order valence-electron chi connectivity index (χ0n) is 27.6. The van der Waals surface area contributed by atoms with Gasteiger partial charge in [0.2, 0.25) is 0 Å². The van der Waals surface area contributed by atoms with Gasteiger partial charge in [-0.25, -0.2) is 0 Å². The van der Waals surface area contributed by atoms with Crippen LogP contribution in [0, 0.1) is 56.5 Å². The highest BCUT2D eigenvalue weighted by molar-refractivity contribution is 7.71. The number of nitrogens with zero attached hydrogens (tertiary/aromatic N) is 3. The number of Topliss-reactive ketones (excluding diaryl/α,β-unsaturated/α-hetero) is 1. The van der Waals surface area contributed by atoms with Gasteiger partial charge in [-0.2, -0.15) is 10.2 Å². The number of nitrogen functional groups attached to an aromatic ring is 1. The average molecular weight is 605 g/mol. The van der Waals surface area contributed by atoms with Crippen molar-refractivity contribution in [2.75, 3.05) is 5.73 Å². The number of allylic oxidation sites excluding steroid dienone is 2. The number of hydrogen-bond acceptors (Lipinski definition) is 5. The highest BCUT2D eigenvalue weighted by Crippen LogP contribution is 2.75. The first kappa shape index (κ1) is 29.5. The van der Waals surface area contributed by atoms with E-state index in [0.717, 1.165) is 50.8 Å². The van der Waals surface area contributed by atoms with Crippen molar-refractivity contribution < 1.29 is 4.79 Å². The second kappa shape index (κ2) is 8.95. The Hall–Kier alpha value is -2.22. The lowest BCUT2D eigenvalue weighted by Gasteiger charge is -2.70. The minimum absolute atomic E-state index is 0.00710. The van der Waals surface area contributed by atoms with E-state index in [1.807, 2.05) is 11.5 Å². The molecule has 2 aromatic rings. The molecule has 4 N–H and O–H groups in total. The molecule has 2 heterocycles. The second-order valence-corrected chi connectivity index (χ2v) is 17.7. The first-order chi connectivity index (χ1) is 20.0. The third-order valence-electron chi connectivity index (χ3n) is 14.7. The number of aromatic amines is 2. The molecule has 5 aliphatic carbocycles. The maximum Gasteiger partial charge on any atom is 0.195 e. The number of carbonyl (C=O) groups excluding carboxylic acids is 1. The van der Waals surface area contributed by atoms with Crippen molar-refractivity contribution in [3.05, 3.63) is 33.5 Å². The van der Waals surface area contributed by atoms with Crippen LogP contribution in [0.1, 0.15) is 117 Å². The zero-order valence-corrected chi connectivity index (χ0v) is 28.4. The minimum atomic E-state index is -0.323. The molecule has 5 aliphatic rings. The summed E-state index contributed by atoms with van der Waals surface area (Å²) < 4.78 is 2.46. The number of fused-ring (bicyclic) bond motifs is 8. The minimum Gasteiger partial charge on any atom is -0.382 e. The zero-order chi connectivity index (χ0) is 31.0. The maximum atomic E-state index is 14.6. The number of aromatic nitrogens is 5. The normalized spacial score (nSPS) is 40.7. The van der Waals surface area contributed by atoms with E-state index in [9.17, 15) is 4.79 Å². The fraction of sp³-hybridized carbons (Fsp3) is 0.771. The van der Waals surface area contributed by atoms with E-state index in [0.29, 0.717) is 34.8 Å². The Morgan fingerprint density at radius 2 is 1.74 bits per heavy atom. The summed E-state index contributed by atoms with van der Waals surface area (Å²) in [6, 6.07) is 0. The monoisotopic (exact) mass is 604 g/mol. The van der Waals surface area contributed by atoms with Crippen LogP contribution in [0.4, 0.5) is 5.82 Å². The van der Waals surface area contributed by atoms with Crippen LogP contribution >= 0.6 is 12.2 Å². The molecule has 0 amide bonds. The number of aryl methyl sites for hydroxylation is 1. The highest BCUT2D eigenvalue weighted by atomic mass is 32.1. The average Bonchev–Trinajstić information content (AvgIpc) is 3.45. The van der Waals surface area contributed by atoms with E-state index < -0.39 is 0 Å². The number of nitrogens with two attached hydrogens (primary N) is 1. The van der Waals surface area contributed by atoms with E-state index in [-0.39, 0.29) is 38.4 Å². The van der Waals surface area contributed by atoms with E-state index >= 15 is 0 Å². The van der Waals surface area contributed by atoms with Crippen LogP contribution in [0.3, 0.4) is 0 Å². The molecule has 0 aliphatic heterocycles. The largest absolute Gasteiger partial charge is 0.382 e. The third kappa shape index (κ3) is 3.71.